The zero-order valence-corrected chi connectivity index (χ0v) is 10.4. The molecule has 0 amide bonds. The van der Waals surface area contributed by atoms with Crippen LogP contribution in [0.4, 0.5) is 0 Å². The van der Waals surface area contributed by atoms with E-state index >= 15 is 0 Å². The Morgan fingerprint density at radius 2 is 2.12 bits per heavy atom. The van der Waals surface area contributed by atoms with Crippen LogP contribution in [0.15, 0.2) is 28.4 Å². The molecule has 0 unspecified atom stereocenters. The van der Waals surface area contributed by atoms with E-state index in [0.29, 0.717) is 0 Å². The molecule has 7 nitrogen and oxygen atoms in total. The molecule has 4 N–H and O–H groups in total. The Morgan fingerprint density at radius 1 is 1.47 bits per heavy atom. The average Bonchev–Trinajstić information content (AvgIpc) is 2.20. The summed E-state index contributed by atoms with van der Waals surface area (Å²) in [6.07, 6.45) is 1.15. The Hall–Kier alpha value is -1.62. The number of rotatable bonds is 3. The van der Waals surface area contributed by atoms with Crippen LogP contribution in [0.25, 0.3) is 0 Å². The van der Waals surface area contributed by atoms with Gasteiger partial charge in [0.1, 0.15) is 5.75 Å². The number of benzene rings is 1. The average molecular weight is 332 g/mol. The van der Waals surface area contributed by atoms with Crippen molar-refractivity contribution in [3.63, 3.8) is 0 Å². The molecule has 1 rings (SSSR count). The number of hydrogen-bond donors (Lipinski definition) is 1. The second-order valence-electron chi connectivity index (χ2n) is 2.56. The molecule has 17 heavy (non-hydrogen) atoms. The molecular weight excluding hydrogens is 321 g/mol. The predicted molar refractivity (Wildman–Crippen MR) is 55.3 cm³/mol. The number of amidine groups is 1. The zero-order chi connectivity index (χ0) is 11.3. The normalized spacial score (nSPS) is 10.5. The van der Waals surface area contributed by atoms with E-state index in [1.807, 2.05) is 0 Å². The topological polar surface area (TPSA) is 138 Å². The maximum atomic E-state index is 11.5. The standard InChI is InChI=1S/C9H11N3O3.H2O.Pd/c1-15-7-4-2-3-6(8(7)13)5-11-12-9(10)14;;/h2-5,13H,1H3,(H3,10,12,14);1H2;/q;;+2/p-2. The van der Waals surface area contributed by atoms with Crippen LogP contribution in [-0.2, 0) is 20.4 Å². The fraction of sp³-hybridized carbons (Fsp3) is 0.111. The smallest absolute Gasteiger partial charge is 0.870 e. The number of methoxy groups -OCH3 is 1. The molecule has 0 aliphatic heterocycles. The second-order valence-corrected chi connectivity index (χ2v) is 2.56. The van der Waals surface area contributed by atoms with Gasteiger partial charge in [-0.25, -0.2) is 0 Å². The Balaban J connectivity index is 0. The van der Waals surface area contributed by atoms with Gasteiger partial charge in [0.25, 0.3) is 0 Å². The summed E-state index contributed by atoms with van der Waals surface area (Å²) in [4.78, 5) is 0. The van der Waals surface area contributed by atoms with Crippen LogP contribution in [0, 0.1) is 0 Å². The van der Waals surface area contributed by atoms with Gasteiger partial charge in [-0.15, -0.1) is 5.10 Å². The quantitative estimate of drug-likeness (QED) is 0.295. The van der Waals surface area contributed by atoms with Crippen molar-refractivity contribution in [1.82, 2.24) is 0 Å². The van der Waals surface area contributed by atoms with Crippen molar-refractivity contribution in [2.24, 2.45) is 15.9 Å². The Morgan fingerprint density at radius 3 is 2.65 bits per heavy atom. The van der Waals surface area contributed by atoms with Crippen molar-refractivity contribution >= 4 is 12.2 Å². The minimum Gasteiger partial charge on any atom is -0.870 e. The molecule has 1 aromatic carbocycles. The van der Waals surface area contributed by atoms with Crippen LogP contribution in [0.3, 0.4) is 0 Å². The molecule has 0 heterocycles. The third-order valence-electron chi connectivity index (χ3n) is 1.58. The van der Waals surface area contributed by atoms with Crippen molar-refractivity contribution in [2.75, 3.05) is 7.11 Å². The molecule has 1 aromatic rings. The van der Waals surface area contributed by atoms with Gasteiger partial charge in [0.15, 0.2) is 0 Å². The molecule has 96 valence electrons. The number of nitrogens with zero attached hydrogens (tertiary/aromatic N) is 2. The molecule has 0 aliphatic rings. The number of nitrogens with two attached hydrogens (primary N) is 1. The maximum absolute atomic E-state index is 11.5. The summed E-state index contributed by atoms with van der Waals surface area (Å²) in [6.45, 7) is 0. The molecule has 0 spiro atoms. The van der Waals surface area contributed by atoms with Gasteiger partial charge in [0.05, 0.1) is 19.3 Å². The summed E-state index contributed by atoms with van der Waals surface area (Å²) in [5, 5.41) is 28.1. The minimum absolute atomic E-state index is 0. The van der Waals surface area contributed by atoms with Crippen molar-refractivity contribution in [3.8, 4) is 11.5 Å². The Kier molecular flexibility index (Phi) is 8.91. The van der Waals surface area contributed by atoms with E-state index < -0.39 is 6.02 Å². The van der Waals surface area contributed by atoms with Crippen LogP contribution in [0.1, 0.15) is 5.56 Å². The van der Waals surface area contributed by atoms with Crippen molar-refractivity contribution in [1.29, 1.82) is 0 Å². The maximum Gasteiger partial charge on any atom is 2.00 e. The molecule has 0 aromatic heterocycles. The third-order valence-corrected chi connectivity index (χ3v) is 1.58. The Labute approximate surface area is 112 Å². The largest absolute Gasteiger partial charge is 2.00 e. The van der Waals surface area contributed by atoms with Gasteiger partial charge >= 0.3 is 20.4 Å². The number of hydrogen-bond acceptors (Lipinski definition) is 5. The van der Waals surface area contributed by atoms with E-state index in [4.69, 9.17) is 10.5 Å². The SMILES string of the molecule is COc1cccc(C=N/N=C(/N)[O-])c1[O-].O.[Pd+2]. The molecule has 0 bridgehead atoms. The summed E-state index contributed by atoms with van der Waals surface area (Å²) >= 11 is 0. The van der Waals surface area contributed by atoms with E-state index in [1.165, 1.54) is 19.2 Å². The van der Waals surface area contributed by atoms with Crippen molar-refractivity contribution in [3.05, 3.63) is 23.8 Å². The molecule has 0 atom stereocenters. The Bertz CT molecular complexity index is 405. The fourth-order valence-electron chi connectivity index (χ4n) is 0.943. The van der Waals surface area contributed by atoms with Crippen molar-refractivity contribution < 1.29 is 40.8 Å². The molecular formula is C9H11N3O4Pd. The molecule has 0 fully saturated rings. The molecule has 0 saturated carbocycles. The first-order chi connectivity index (χ1) is 7.15. The third kappa shape index (κ3) is 5.31. The van der Waals surface area contributed by atoms with E-state index in [2.05, 4.69) is 10.2 Å². The second kappa shape index (κ2) is 8.52. The number of para-hydroxylation sites is 1. The van der Waals surface area contributed by atoms with Gasteiger partial charge < -0.3 is 26.2 Å². The van der Waals surface area contributed by atoms with Gasteiger partial charge in [-0.1, -0.05) is 17.9 Å². The molecule has 8 heteroatoms. The predicted octanol–water partition coefficient (Wildman–Crippen LogP) is -2.05. The first-order valence-electron chi connectivity index (χ1n) is 4.02. The fourth-order valence-corrected chi connectivity index (χ4v) is 0.943. The first kappa shape index (κ1) is 17.8. The van der Waals surface area contributed by atoms with E-state index in [1.54, 1.807) is 6.07 Å². The summed E-state index contributed by atoms with van der Waals surface area (Å²) < 4.78 is 4.82. The zero-order valence-electron chi connectivity index (χ0n) is 8.82. The van der Waals surface area contributed by atoms with Gasteiger partial charge in [-0.3, -0.25) is 0 Å². The van der Waals surface area contributed by atoms with Gasteiger partial charge in [-0.2, -0.15) is 5.10 Å². The summed E-state index contributed by atoms with van der Waals surface area (Å²) in [5.74, 6) is -0.110. The molecule has 0 radical (unpaired) electrons. The number of ether oxygens (including phenoxy) is 1. The van der Waals surface area contributed by atoms with E-state index in [0.717, 1.165) is 6.21 Å². The van der Waals surface area contributed by atoms with Crippen LogP contribution in [0.5, 0.6) is 11.5 Å². The summed E-state index contributed by atoms with van der Waals surface area (Å²) in [6, 6.07) is 3.78. The van der Waals surface area contributed by atoms with Crippen molar-refractivity contribution in [2.45, 2.75) is 0 Å². The van der Waals surface area contributed by atoms with Gasteiger partial charge in [0, 0.05) is 0 Å². The van der Waals surface area contributed by atoms with Gasteiger partial charge in [0.2, 0.25) is 0 Å². The molecule has 0 aliphatic carbocycles. The van der Waals surface area contributed by atoms with Crippen LogP contribution in [0.2, 0.25) is 0 Å². The van der Waals surface area contributed by atoms with E-state index in [-0.39, 0.29) is 43.0 Å². The minimum atomic E-state index is -0.915. The van der Waals surface area contributed by atoms with Crippen LogP contribution >= 0.6 is 0 Å². The van der Waals surface area contributed by atoms with Gasteiger partial charge in [-0.05, 0) is 11.6 Å². The van der Waals surface area contributed by atoms with Crippen LogP contribution in [-0.4, -0.2) is 24.8 Å². The first-order valence-corrected chi connectivity index (χ1v) is 4.02. The summed E-state index contributed by atoms with van der Waals surface area (Å²) in [5.41, 5.74) is 5.01. The van der Waals surface area contributed by atoms with E-state index in [9.17, 15) is 10.2 Å². The summed E-state index contributed by atoms with van der Waals surface area (Å²) in [7, 11) is 1.39. The van der Waals surface area contributed by atoms with Crippen LogP contribution < -0.4 is 20.7 Å². The monoisotopic (exact) mass is 331 g/mol. The molecule has 0 saturated heterocycles.